The highest BCUT2D eigenvalue weighted by molar-refractivity contribution is 5.93. The van der Waals surface area contributed by atoms with Gasteiger partial charge in [-0.1, -0.05) is 0 Å². The van der Waals surface area contributed by atoms with Crippen molar-refractivity contribution in [3.8, 4) is 0 Å². The van der Waals surface area contributed by atoms with E-state index in [4.69, 9.17) is 15.9 Å². The van der Waals surface area contributed by atoms with E-state index in [0.29, 0.717) is 11.8 Å². The third-order valence-corrected chi connectivity index (χ3v) is 3.30. The van der Waals surface area contributed by atoms with Gasteiger partial charge >= 0.3 is 0 Å². The number of nitrogens with one attached hydrogen (secondary N) is 1. The lowest BCUT2D eigenvalue weighted by molar-refractivity contribution is 0.0285. The molecule has 0 bridgehead atoms. The van der Waals surface area contributed by atoms with Crippen LogP contribution in [0.15, 0.2) is 18.3 Å². The number of nitrogen functional groups attached to an aromatic ring is 1. The summed E-state index contributed by atoms with van der Waals surface area (Å²) >= 11 is 0. The number of rotatable bonds is 4. The van der Waals surface area contributed by atoms with E-state index in [1.54, 1.807) is 13.3 Å². The average Bonchev–Trinajstić information content (AvgIpc) is 2.39. The predicted molar refractivity (Wildman–Crippen MR) is 70.6 cm³/mol. The van der Waals surface area contributed by atoms with Gasteiger partial charge in [-0.3, -0.25) is 15.3 Å². The number of pyridine rings is 1. The number of amidine groups is 1. The van der Waals surface area contributed by atoms with E-state index in [-0.39, 0.29) is 5.84 Å². The van der Waals surface area contributed by atoms with Crippen molar-refractivity contribution in [3.05, 3.63) is 29.6 Å². The quantitative estimate of drug-likeness (QED) is 0.615. The molecule has 1 atom stereocenters. The zero-order valence-corrected chi connectivity index (χ0v) is 10.7. The Bertz CT molecular complexity index is 421. The van der Waals surface area contributed by atoms with Crippen molar-refractivity contribution in [1.29, 1.82) is 5.41 Å². The molecule has 0 amide bonds. The number of aromatic nitrogens is 1. The molecule has 5 nitrogen and oxygen atoms in total. The van der Waals surface area contributed by atoms with Gasteiger partial charge in [0.15, 0.2) is 0 Å². The van der Waals surface area contributed by atoms with Crippen LogP contribution >= 0.6 is 0 Å². The minimum atomic E-state index is 0.0188. The van der Waals surface area contributed by atoms with Gasteiger partial charge in [-0.05, 0) is 37.1 Å². The Morgan fingerprint density at radius 2 is 2.50 bits per heavy atom. The molecule has 0 spiro atoms. The monoisotopic (exact) mass is 248 g/mol. The first-order valence-corrected chi connectivity index (χ1v) is 6.23. The van der Waals surface area contributed by atoms with Crippen LogP contribution in [0.5, 0.6) is 0 Å². The molecule has 1 saturated heterocycles. The van der Waals surface area contributed by atoms with Crippen LogP contribution in [0.4, 0.5) is 0 Å². The van der Waals surface area contributed by atoms with Crippen LogP contribution in [0, 0.1) is 5.41 Å². The summed E-state index contributed by atoms with van der Waals surface area (Å²) in [6.45, 7) is 2.93. The first-order valence-electron chi connectivity index (χ1n) is 6.23. The minimum absolute atomic E-state index is 0.0188. The molecule has 0 aromatic carbocycles. The van der Waals surface area contributed by atoms with Gasteiger partial charge in [0.25, 0.3) is 0 Å². The summed E-state index contributed by atoms with van der Waals surface area (Å²) in [4.78, 5) is 6.44. The summed E-state index contributed by atoms with van der Waals surface area (Å²) in [6.07, 6.45) is 4.36. The largest absolute Gasteiger partial charge is 0.382 e. The zero-order chi connectivity index (χ0) is 13.0. The molecular weight excluding hydrogens is 228 g/mol. The van der Waals surface area contributed by atoms with Gasteiger partial charge in [-0.15, -0.1) is 0 Å². The second-order valence-corrected chi connectivity index (χ2v) is 4.70. The van der Waals surface area contributed by atoms with Crippen LogP contribution in [0.3, 0.4) is 0 Å². The van der Waals surface area contributed by atoms with Crippen LogP contribution in [0.1, 0.15) is 24.1 Å². The highest BCUT2D eigenvalue weighted by Gasteiger charge is 2.19. The Balaban J connectivity index is 2.00. The number of ether oxygens (including phenoxy) is 1. The lowest BCUT2D eigenvalue weighted by Gasteiger charge is -2.31. The molecule has 1 aromatic rings. The third-order valence-electron chi connectivity index (χ3n) is 3.30. The van der Waals surface area contributed by atoms with Crippen LogP contribution < -0.4 is 5.73 Å². The second-order valence-electron chi connectivity index (χ2n) is 4.70. The molecule has 3 N–H and O–H groups in total. The van der Waals surface area contributed by atoms with E-state index >= 15 is 0 Å². The van der Waals surface area contributed by atoms with Gasteiger partial charge in [-0.2, -0.15) is 0 Å². The predicted octanol–water partition coefficient (Wildman–Crippen LogP) is 0.976. The van der Waals surface area contributed by atoms with Gasteiger partial charge < -0.3 is 10.5 Å². The minimum Gasteiger partial charge on any atom is -0.382 e. The number of nitrogens with zero attached hydrogens (tertiary/aromatic N) is 2. The van der Waals surface area contributed by atoms with E-state index in [0.717, 1.165) is 31.6 Å². The number of hydrogen-bond acceptors (Lipinski definition) is 4. The highest BCUT2D eigenvalue weighted by atomic mass is 16.5. The van der Waals surface area contributed by atoms with E-state index in [1.165, 1.54) is 6.42 Å². The summed E-state index contributed by atoms with van der Waals surface area (Å²) in [7, 11) is 1.77. The summed E-state index contributed by atoms with van der Waals surface area (Å²) in [6, 6.07) is 3.86. The molecule has 5 heteroatoms. The van der Waals surface area contributed by atoms with Crippen LogP contribution in [-0.2, 0) is 11.3 Å². The lowest BCUT2D eigenvalue weighted by Crippen LogP contribution is -2.38. The van der Waals surface area contributed by atoms with E-state index < -0.39 is 0 Å². The maximum Gasteiger partial charge on any atom is 0.141 e. The van der Waals surface area contributed by atoms with Crippen LogP contribution in [0.25, 0.3) is 0 Å². The second kappa shape index (κ2) is 5.93. The molecular formula is C13H20N4O. The first kappa shape index (κ1) is 13.0. The average molecular weight is 248 g/mol. The maximum absolute atomic E-state index is 7.40. The standard InChI is InChI=1S/C13H20N4O/c1-18-11-3-2-6-17(9-11)8-10-4-5-16-12(7-10)13(14)15/h4-5,7,11H,2-3,6,8-9H2,1H3,(H3,14,15). The molecule has 2 heterocycles. The third kappa shape index (κ3) is 3.27. The lowest BCUT2D eigenvalue weighted by atomic mass is 10.1. The molecule has 1 aliphatic rings. The SMILES string of the molecule is COC1CCCN(Cc2ccnc(C(=N)N)c2)C1. The van der Waals surface area contributed by atoms with Crippen molar-refractivity contribution in [2.75, 3.05) is 20.2 Å². The van der Waals surface area contributed by atoms with Crippen LogP contribution in [0.2, 0.25) is 0 Å². The fourth-order valence-corrected chi connectivity index (χ4v) is 2.33. The summed E-state index contributed by atoms with van der Waals surface area (Å²) in [5, 5.41) is 7.40. The highest BCUT2D eigenvalue weighted by Crippen LogP contribution is 2.15. The Morgan fingerprint density at radius 3 is 3.22 bits per heavy atom. The summed E-state index contributed by atoms with van der Waals surface area (Å²) in [5.41, 5.74) is 7.14. The number of likely N-dealkylation sites (tertiary alicyclic amines) is 1. The Labute approximate surface area is 107 Å². The van der Waals surface area contributed by atoms with E-state index in [9.17, 15) is 0 Å². The topological polar surface area (TPSA) is 75.2 Å². The zero-order valence-electron chi connectivity index (χ0n) is 10.7. The Kier molecular flexibility index (Phi) is 4.28. The van der Waals surface area contributed by atoms with Crippen molar-refractivity contribution in [2.45, 2.75) is 25.5 Å². The Hall–Kier alpha value is -1.46. The number of nitrogens with two attached hydrogens (primary N) is 1. The van der Waals surface area contributed by atoms with E-state index in [2.05, 4.69) is 9.88 Å². The van der Waals surface area contributed by atoms with Crippen molar-refractivity contribution in [2.24, 2.45) is 5.73 Å². The molecule has 0 aliphatic carbocycles. The molecule has 1 fully saturated rings. The molecule has 2 rings (SSSR count). The molecule has 98 valence electrons. The fraction of sp³-hybridized carbons (Fsp3) is 0.538. The van der Waals surface area contributed by atoms with Crippen molar-refractivity contribution in [1.82, 2.24) is 9.88 Å². The maximum atomic E-state index is 7.40. The van der Waals surface area contributed by atoms with Gasteiger partial charge in [0.05, 0.1) is 6.10 Å². The smallest absolute Gasteiger partial charge is 0.141 e. The number of methoxy groups -OCH3 is 1. The van der Waals surface area contributed by atoms with Gasteiger partial charge in [-0.25, -0.2) is 0 Å². The van der Waals surface area contributed by atoms with Crippen molar-refractivity contribution < 1.29 is 4.74 Å². The molecule has 1 unspecified atom stereocenters. The first-order chi connectivity index (χ1) is 8.69. The Morgan fingerprint density at radius 1 is 1.67 bits per heavy atom. The van der Waals surface area contributed by atoms with E-state index in [1.807, 2.05) is 12.1 Å². The molecule has 0 radical (unpaired) electrons. The molecule has 1 aliphatic heterocycles. The molecule has 18 heavy (non-hydrogen) atoms. The number of piperidine rings is 1. The normalized spacial score (nSPS) is 20.8. The number of hydrogen-bond donors (Lipinski definition) is 2. The van der Waals surface area contributed by atoms with Crippen molar-refractivity contribution in [3.63, 3.8) is 0 Å². The fourth-order valence-electron chi connectivity index (χ4n) is 2.33. The van der Waals surface area contributed by atoms with Crippen molar-refractivity contribution >= 4 is 5.84 Å². The molecule has 1 aromatic heterocycles. The summed E-state index contributed by atoms with van der Waals surface area (Å²) in [5.74, 6) is 0.0188. The van der Waals surface area contributed by atoms with Gasteiger partial charge in [0.2, 0.25) is 0 Å². The van der Waals surface area contributed by atoms with Crippen LogP contribution in [-0.4, -0.2) is 42.0 Å². The molecule has 0 saturated carbocycles. The summed E-state index contributed by atoms with van der Waals surface area (Å²) < 4.78 is 5.41. The van der Waals surface area contributed by atoms with Gasteiger partial charge in [0.1, 0.15) is 11.5 Å². The van der Waals surface area contributed by atoms with Gasteiger partial charge in [0, 0.05) is 26.4 Å².